The molecule has 0 bridgehead atoms. The molecule has 0 spiro atoms. The molecule has 146 valence electrons. The van der Waals surface area contributed by atoms with Crippen LogP contribution < -0.4 is 5.32 Å². The molecule has 0 heterocycles. The van der Waals surface area contributed by atoms with Gasteiger partial charge in [-0.1, -0.05) is 42.5 Å². The van der Waals surface area contributed by atoms with Crippen LogP contribution in [0.15, 0.2) is 42.5 Å². The third kappa shape index (κ3) is 5.53. The summed E-state index contributed by atoms with van der Waals surface area (Å²) in [6.07, 6.45) is 0.243. The van der Waals surface area contributed by atoms with Crippen LogP contribution in [0.2, 0.25) is 0 Å². The minimum absolute atomic E-state index is 0.124. The summed E-state index contributed by atoms with van der Waals surface area (Å²) < 4.78 is 23.1. The molecule has 0 aromatic heterocycles. The molecule has 7 heteroatoms. The number of hydrogen-bond donors (Lipinski definition) is 2. The fourth-order valence-electron chi connectivity index (χ4n) is 2.57. The van der Waals surface area contributed by atoms with Crippen molar-refractivity contribution in [1.29, 1.82) is 0 Å². The minimum atomic E-state index is -3.61. The number of carbonyl (C=O) groups is 2. The summed E-state index contributed by atoms with van der Waals surface area (Å²) in [6.45, 7) is 4.45. The van der Waals surface area contributed by atoms with Gasteiger partial charge in [0.15, 0.2) is 9.84 Å². The largest absolute Gasteiger partial charge is 0.481 e. The van der Waals surface area contributed by atoms with E-state index in [4.69, 9.17) is 0 Å². The molecule has 2 rings (SSSR count). The van der Waals surface area contributed by atoms with Gasteiger partial charge in [0.2, 0.25) is 5.91 Å². The molecule has 0 aliphatic carbocycles. The van der Waals surface area contributed by atoms with Crippen LogP contribution in [-0.4, -0.2) is 42.4 Å². The summed E-state index contributed by atoms with van der Waals surface area (Å²) in [5, 5.41) is 14.0. The molecular weight excluding hydrogens is 366 g/mol. The third-order valence-electron chi connectivity index (χ3n) is 4.44. The topological polar surface area (TPSA) is 101 Å². The Hall–Kier alpha value is -2.41. The van der Waals surface area contributed by atoms with Crippen molar-refractivity contribution in [1.82, 2.24) is 5.32 Å². The van der Waals surface area contributed by atoms with Crippen molar-refractivity contribution in [2.24, 2.45) is 5.92 Å². The van der Waals surface area contributed by atoms with Gasteiger partial charge in [0, 0.05) is 6.54 Å². The number of nitrogens with one attached hydrogen (secondary N) is 1. The van der Waals surface area contributed by atoms with Crippen molar-refractivity contribution in [2.75, 3.05) is 12.3 Å². The van der Waals surface area contributed by atoms with Gasteiger partial charge in [-0.25, -0.2) is 8.42 Å². The van der Waals surface area contributed by atoms with Crippen LogP contribution in [0.4, 0.5) is 0 Å². The molecule has 2 aromatic rings. The molecule has 0 aliphatic rings. The van der Waals surface area contributed by atoms with Crippen LogP contribution in [0.1, 0.15) is 26.3 Å². The lowest BCUT2D eigenvalue weighted by atomic mass is 9.97. The highest BCUT2D eigenvalue weighted by Crippen LogP contribution is 2.18. The first-order valence-corrected chi connectivity index (χ1v) is 10.3. The van der Waals surface area contributed by atoms with Crippen molar-refractivity contribution in [3.8, 4) is 0 Å². The maximum Gasteiger partial charge on any atom is 0.308 e. The van der Waals surface area contributed by atoms with Gasteiger partial charge in [-0.2, -0.15) is 0 Å². The Kier molecular flexibility index (Phi) is 6.26. The van der Waals surface area contributed by atoms with Gasteiger partial charge in [0.25, 0.3) is 0 Å². The molecule has 0 fully saturated rings. The molecule has 0 radical (unpaired) electrons. The van der Waals surface area contributed by atoms with Crippen LogP contribution in [0.25, 0.3) is 10.8 Å². The zero-order valence-corrected chi connectivity index (χ0v) is 16.5. The van der Waals surface area contributed by atoms with E-state index < -0.39 is 38.1 Å². The summed E-state index contributed by atoms with van der Waals surface area (Å²) in [5.74, 6) is -3.22. The van der Waals surface area contributed by atoms with Crippen LogP contribution in [0.3, 0.4) is 0 Å². The highest BCUT2D eigenvalue weighted by Gasteiger charge is 2.31. The number of benzene rings is 2. The van der Waals surface area contributed by atoms with E-state index in [1.165, 1.54) is 20.8 Å². The van der Waals surface area contributed by atoms with E-state index in [2.05, 4.69) is 5.32 Å². The van der Waals surface area contributed by atoms with Crippen molar-refractivity contribution < 1.29 is 23.1 Å². The first-order valence-electron chi connectivity index (χ1n) is 8.69. The number of rotatable bonds is 7. The molecule has 1 unspecified atom stereocenters. The lowest BCUT2D eigenvalue weighted by molar-refractivity contribution is -0.141. The first-order chi connectivity index (χ1) is 12.5. The Balaban J connectivity index is 2.03. The molecule has 1 atom stereocenters. The Morgan fingerprint density at radius 2 is 1.70 bits per heavy atom. The van der Waals surface area contributed by atoms with Gasteiger partial charge in [-0.15, -0.1) is 0 Å². The molecule has 0 saturated heterocycles. The van der Waals surface area contributed by atoms with E-state index in [-0.39, 0.29) is 13.0 Å². The van der Waals surface area contributed by atoms with Gasteiger partial charge in [0.05, 0.1) is 10.7 Å². The normalized spacial score (nSPS) is 13.3. The number of aliphatic carboxylic acids is 1. The second-order valence-corrected chi connectivity index (χ2v) is 10.3. The molecule has 6 nitrogen and oxygen atoms in total. The molecule has 0 aliphatic heterocycles. The fourth-order valence-corrected chi connectivity index (χ4v) is 3.45. The number of fused-ring (bicyclic) bond motifs is 1. The summed E-state index contributed by atoms with van der Waals surface area (Å²) in [6, 6.07) is 13.5. The SMILES string of the molecule is CC(C)(C)S(=O)(=O)CC(=O)NCC(Cc1ccc2ccccc2c1)C(=O)O. The fraction of sp³-hybridized carbons (Fsp3) is 0.400. The molecule has 1 amide bonds. The summed E-state index contributed by atoms with van der Waals surface area (Å²) in [5.41, 5.74) is 0.845. The predicted octanol–water partition coefficient (Wildman–Crippen LogP) is 2.41. The molecular formula is C20H25NO5S. The number of amides is 1. The van der Waals surface area contributed by atoms with Crippen molar-refractivity contribution in [3.63, 3.8) is 0 Å². The average Bonchev–Trinajstić information content (AvgIpc) is 2.56. The monoisotopic (exact) mass is 391 g/mol. The zero-order valence-electron chi connectivity index (χ0n) is 15.7. The second kappa shape index (κ2) is 8.08. The number of carboxylic acids is 1. The number of carboxylic acid groups (broad SMARTS) is 1. The third-order valence-corrected chi connectivity index (χ3v) is 6.95. The highest BCUT2D eigenvalue weighted by atomic mass is 32.2. The van der Waals surface area contributed by atoms with E-state index in [0.717, 1.165) is 16.3 Å². The molecule has 0 saturated carbocycles. The quantitative estimate of drug-likeness (QED) is 0.755. The van der Waals surface area contributed by atoms with Gasteiger partial charge in [0.1, 0.15) is 5.75 Å². The number of hydrogen-bond acceptors (Lipinski definition) is 4. The highest BCUT2D eigenvalue weighted by molar-refractivity contribution is 7.93. The van der Waals surface area contributed by atoms with E-state index in [1.807, 2.05) is 42.5 Å². The van der Waals surface area contributed by atoms with Crippen molar-refractivity contribution >= 4 is 32.5 Å². The van der Waals surface area contributed by atoms with E-state index in [0.29, 0.717) is 0 Å². The summed E-state index contributed by atoms with van der Waals surface area (Å²) >= 11 is 0. The Morgan fingerprint density at radius 3 is 2.30 bits per heavy atom. The second-order valence-electron chi connectivity index (χ2n) is 7.60. The van der Waals surface area contributed by atoms with E-state index in [1.54, 1.807) is 0 Å². The van der Waals surface area contributed by atoms with Gasteiger partial charge in [-0.05, 0) is 43.5 Å². The van der Waals surface area contributed by atoms with E-state index in [9.17, 15) is 23.1 Å². The standard InChI is InChI=1S/C20H25NO5S/c1-20(2,3)27(25,26)13-18(22)21-12-17(19(23)24)11-14-8-9-15-6-4-5-7-16(15)10-14/h4-10,17H,11-13H2,1-3H3,(H,21,22)(H,23,24). The minimum Gasteiger partial charge on any atom is -0.481 e. The Bertz CT molecular complexity index is 944. The van der Waals surface area contributed by atoms with Crippen LogP contribution in [0, 0.1) is 5.92 Å². The lowest BCUT2D eigenvalue weighted by Gasteiger charge is -2.19. The van der Waals surface area contributed by atoms with Crippen LogP contribution >= 0.6 is 0 Å². The van der Waals surface area contributed by atoms with Crippen molar-refractivity contribution in [2.45, 2.75) is 31.9 Å². The van der Waals surface area contributed by atoms with Gasteiger partial charge in [-0.3, -0.25) is 9.59 Å². The van der Waals surface area contributed by atoms with Crippen LogP contribution in [0.5, 0.6) is 0 Å². The number of sulfone groups is 1. The average molecular weight is 391 g/mol. The smallest absolute Gasteiger partial charge is 0.308 e. The lowest BCUT2D eigenvalue weighted by Crippen LogP contribution is -2.41. The first kappa shape index (κ1) is 20.9. The van der Waals surface area contributed by atoms with E-state index >= 15 is 0 Å². The Morgan fingerprint density at radius 1 is 1.07 bits per heavy atom. The zero-order chi connectivity index (χ0) is 20.2. The van der Waals surface area contributed by atoms with Gasteiger partial charge >= 0.3 is 5.97 Å². The summed E-state index contributed by atoms with van der Waals surface area (Å²) in [4.78, 5) is 23.5. The summed E-state index contributed by atoms with van der Waals surface area (Å²) in [7, 11) is -3.61. The van der Waals surface area contributed by atoms with Gasteiger partial charge < -0.3 is 10.4 Å². The molecule has 2 aromatic carbocycles. The number of carbonyl (C=O) groups excluding carboxylic acids is 1. The predicted molar refractivity (Wildman–Crippen MR) is 105 cm³/mol. The maximum absolute atomic E-state index is 12.1. The molecule has 2 N–H and O–H groups in total. The van der Waals surface area contributed by atoms with Crippen LogP contribution in [-0.2, 0) is 25.8 Å². The van der Waals surface area contributed by atoms with Crippen molar-refractivity contribution in [3.05, 3.63) is 48.0 Å². The Labute approximate surface area is 159 Å². The maximum atomic E-state index is 12.1. The molecule has 27 heavy (non-hydrogen) atoms.